The van der Waals surface area contributed by atoms with Gasteiger partial charge in [0.25, 0.3) is 0 Å². The molecular weight excluding hydrogens is 592 g/mol. The summed E-state index contributed by atoms with van der Waals surface area (Å²) in [6.07, 6.45) is 16.9. The van der Waals surface area contributed by atoms with E-state index in [1.807, 2.05) is 0 Å². The lowest BCUT2D eigenvalue weighted by Crippen LogP contribution is -2.49. The zero-order valence-electron chi connectivity index (χ0n) is 26.9. The lowest BCUT2D eigenvalue weighted by atomic mass is 9.85. The Kier molecular flexibility index (Phi) is 5.37. The van der Waals surface area contributed by atoms with Gasteiger partial charge in [0.05, 0.1) is 11.4 Å². The highest BCUT2D eigenvalue weighted by Crippen LogP contribution is 2.51. The molecule has 1 fully saturated rings. The van der Waals surface area contributed by atoms with E-state index in [1.54, 1.807) is 0 Å². The van der Waals surface area contributed by atoms with E-state index in [2.05, 4.69) is 159 Å². The maximum atomic E-state index is 6.84. The van der Waals surface area contributed by atoms with E-state index in [-0.39, 0.29) is 18.5 Å². The SMILES string of the molecule is CN1C=CN2c3c(ccc4c3oc3ccccc34)Cc3ccccc3N3C=CN4CCCN5C=CN6c7ccccc7C(=C(CC43)C56)C12. The molecule has 0 N–H and O–H groups in total. The number of fused-ring (bicyclic) bond motifs is 13. The summed E-state index contributed by atoms with van der Waals surface area (Å²) in [5, 5.41) is 2.32. The van der Waals surface area contributed by atoms with Gasteiger partial charge in [0, 0.05) is 97.8 Å². The van der Waals surface area contributed by atoms with Crippen molar-refractivity contribution in [2.45, 2.75) is 37.8 Å². The van der Waals surface area contributed by atoms with Gasteiger partial charge in [-0.2, -0.15) is 0 Å². The molecule has 6 aliphatic rings. The predicted octanol–water partition coefficient (Wildman–Crippen LogP) is 7.84. The van der Waals surface area contributed by atoms with Gasteiger partial charge < -0.3 is 33.8 Å². The summed E-state index contributed by atoms with van der Waals surface area (Å²) in [5.74, 6) is 0. The maximum Gasteiger partial charge on any atom is 0.159 e. The Balaban J connectivity index is 1.25. The number of anilines is 3. The Morgan fingerprint density at radius 1 is 0.625 bits per heavy atom. The molecule has 7 heterocycles. The largest absolute Gasteiger partial charge is 0.454 e. The van der Waals surface area contributed by atoms with Gasteiger partial charge in [0.15, 0.2) is 5.58 Å². The molecule has 5 aromatic rings. The lowest BCUT2D eigenvalue weighted by molar-refractivity contribution is 0.290. The molecule has 3 atom stereocenters. The summed E-state index contributed by atoms with van der Waals surface area (Å²) in [6.45, 7) is 2.03. The normalized spacial score (nSPS) is 23.6. The molecule has 7 nitrogen and oxygen atoms in total. The van der Waals surface area contributed by atoms with Crippen molar-refractivity contribution in [1.29, 1.82) is 0 Å². The fraction of sp³-hybridized carbons (Fsp3) is 0.220. The summed E-state index contributed by atoms with van der Waals surface area (Å²) in [6, 6.07) is 31.1. The number of nitrogens with zero attached hydrogens (tertiary/aromatic N) is 6. The van der Waals surface area contributed by atoms with Crippen molar-refractivity contribution in [1.82, 2.24) is 14.7 Å². The lowest BCUT2D eigenvalue weighted by Gasteiger charge is -2.45. The Hall–Kier alpha value is -5.56. The summed E-state index contributed by atoms with van der Waals surface area (Å²) >= 11 is 0. The van der Waals surface area contributed by atoms with Crippen LogP contribution in [0.1, 0.15) is 29.5 Å². The van der Waals surface area contributed by atoms with Crippen LogP contribution in [-0.2, 0) is 6.42 Å². The van der Waals surface area contributed by atoms with Crippen molar-refractivity contribution in [2.75, 3.05) is 34.8 Å². The molecule has 0 aliphatic carbocycles. The third kappa shape index (κ3) is 3.53. The first-order chi connectivity index (χ1) is 23.7. The average Bonchev–Trinajstić information content (AvgIpc) is 3.90. The number of para-hydroxylation sites is 3. The van der Waals surface area contributed by atoms with Gasteiger partial charge in [-0.15, -0.1) is 0 Å². The molecule has 4 aromatic carbocycles. The Morgan fingerprint density at radius 3 is 2.35 bits per heavy atom. The molecule has 2 bridgehead atoms. The van der Waals surface area contributed by atoms with E-state index in [0.717, 1.165) is 60.0 Å². The zero-order chi connectivity index (χ0) is 31.5. The number of benzene rings is 4. The fourth-order valence-electron chi connectivity index (χ4n) is 9.28. The van der Waals surface area contributed by atoms with E-state index in [0.29, 0.717) is 0 Å². The van der Waals surface area contributed by atoms with Crippen LogP contribution in [0.2, 0.25) is 0 Å². The molecule has 48 heavy (non-hydrogen) atoms. The van der Waals surface area contributed by atoms with Crippen molar-refractivity contribution in [3.05, 3.63) is 144 Å². The topological polar surface area (TPSA) is 32.6 Å². The van der Waals surface area contributed by atoms with Crippen LogP contribution in [-0.4, -0.2) is 53.3 Å². The number of hydrogen-bond donors (Lipinski definition) is 0. The molecule has 11 rings (SSSR count). The minimum atomic E-state index is -0.0463. The summed E-state index contributed by atoms with van der Waals surface area (Å²) in [7, 11) is 2.23. The minimum absolute atomic E-state index is 0.0463. The Morgan fingerprint density at radius 2 is 1.40 bits per heavy atom. The maximum absolute atomic E-state index is 6.84. The van der Waals surface area contributed by atoms with Gasteiger partial charge in [0.2, 0.25) is 0 Å². The van der Waals surface area contributed by atoms with E-state index in [9.17, 15) is 0 Å². The van der Waals surface area contributed by atoms with Crippen molar-refractivity contribution in [3.8, 4) is 0 Å². The van der Waals surface area contributed by atoms with E-state index in [4.69, 9.17) is 4.42 Å². The van der Waals surface area contributed by atoms with Crippen LogP contribution in [0, 0.1) is 0 Å². The van der Waals surface area contributed by atoms with E-state index in [1.165, 1.54) is 39.2 Å². The van der Waals surface area contributed by atoms with E-state index < -0.39 is 0 Å². The zero-order valence-corrected chi connectivity index (χ0v) is 26.9. The molecule has 0 amide bonds. The summed E-state index contributed by atoms with van der Waals surface area (Å²) in [5.41, 5.74) is 12.3. The molecule has 1 aromatic heterocycles. The number of rotatable bonds is 0. The first kappa shape index (κ1) is 26.5. The molecule has 0 radical (unpaired) electrons. The van der Waals surface area contributed by atoms with Gasteiger partial charge in [-0.3, -0.25) is 0 Å². The number of likely N-dealkylation sites (N-methyl/N-ethyl adjacent to an activating group) is 1. The van der Waals surface area contributed by atoms with Crippen LogP contribution in [0.3, 0.4) is 0 Å². The highest BCUT2D eigenvalue weighted by atomic mass is 16.3. The minimum Gasteiger partial charge on any atom is -0.454 e. The van der Waals surface area contributed by atoms with Crippen molar-refractivity contribution in [3.63, 3.8) is 0 Å². The third-order valence-electron chi connectivity index (χ3n) is 11.4. The second-order valence-electron chi connectivity index (χ2n) is 13.9. The van der Waals surface area contributed by atoms with Crippen LogP contribution in [0.25, 0.3) is 27.5 Å². The van der Waals surface area contributed by atoms with Crippen LogP contribution >= 0.6 is 0 Å². The Bertz CT molecular complexity index is 2280. The molecule has 7 heteroatoms. The third-order valence-corrected chi connectivity index (χ3v) is 11.4. The van der Waals surface area contributed by atoms with E-state index >= 15 is 0 Å². The molecule has 3 unspecified atom stereocenters. The molecule has 236 valence electrons. The van der Waals surface area contributed by atoms with Gasteiger partial charge >= 0.3 is 0 Å². The first-order valence-electron chi connectivity index (χ1n) is 17.2. The number of furan rings is 1. The Labute approximate surface area is 280 Å². The smallest absolute Gasteiger partial charge is 0.159 e. The van der Waals surface area contributed by atoms with Crippen LogP contribution in [0.15, 0.2) is 132 Å². The van der Waals surface area contributed by atoms with Crippen molar-refractivity contribution < 1.29 is 4.42 Å². The molecule has 1 saturated heterocycles. The summed E-state index contributed by atoms with van der Waals surface area (Å²) < 4.78 is 6.84. The van der Waals surface area contributed by atoms with Gasteiger partial charge in [-0.25, -0.2) is 0 Å². The standard InChI is InChI=1S/C41H36N6O/c1-42-19-22-47-38-28(15-16-30-29-10-4-7-14-35(29)48-39(30)38)25-27-9-2-5-12-33(27)45-23-20-43-17-8-18-44-21-24-46-34-13-6-3-11-31(34)37(41(42)47)32(40(44)46)26-36(43)45/h2-7,9-16,19-24,36,40-41H,8,17-18,25-26H2,1H3. The molecule has 0 saturated carbocycles. The van der Waals surface area contributed by atoms with Crippen LogP contribution < -0.4 is 14.7 Å². The predicted molar refractivity (Wildman–Crippen MR) is 193 cm³/mol. The quantitative estimate of drug-likeness (QED) is 0.173. The highest BCUT2D eigenvalue weighted by molar-refractivity contribution is 6.10. The van der Waals surface area contributed by atoms with Gasteiger partial charge in [-0.1, -0.05) is 66.7 Å². The van der Waals surface area contributed by atoms with Crippen LogP contribution in [0.4, 0.5) is 17.1 Å². The average molecular weight is 629 g/mol. The number of hydrogen-bond acceptors (Lipinski definition) is 7. The van der Waals surface area contributed by atoms with Crippen LogP contribution in [0.5, 0.6) is 0 Å². The van der Waals surface area contributed by atoms with Crippen molar-refractivity contribution in [2.24, 2.45) is 0 Å². The summed E-state index contributed by atoms with van der Waals surface area (Å²) in [4.78, 5) is 15.2. The molecule has 0 spiro atoms. The second kappa shape index (κ2) is 9.73. The second-order valence-corrected chi connectivity index (χ2v) is 13.9. The highest BCUT2D eigenvalue weighted by Gasteiger charge is 2.46. The van der Waals surface area contributed by atoms with Gasteiger partial charge in [-0.05, 0) is 41.3 Å². The first-order valence-corrected chi connectivity index (χ1v) is 17.2. The molecular formula is C41H36N6O. The fourth-order valence-corrected chi connectivity index (χ4v) is 9.28. The molecule has 6 aliphatic heterocycles. The monoisotopic (exact) mass is 628 g/mol. The van der Waals surface area contributed by atoms with Crippen molar-refractivity contribution >= 4 is 44.6 Å². The van der Waals surface area contributed by atoms with Gasteiger partial charge in [0.1, 0.15) is 24.1 Å².